The van der Waals surface area contributed by atoms with E-state index in [0.717, 1.165) is 16.5 Å². The Morgan fingerprint density at radius 1 is 1.38 bits per heavy atom. The van der Waals surface area contributed by atoms with Crippen LogP contribution >= 0.6 is 12.6 Å². The van der Waals surface area contributed by atoms with Crippen LogP contribution in [0.5, 0.6) is 0 Å². The van der Waals surface area contributed by atoms with Gasteiger partial charge in [0.15, 0.2) is 0 Å². The Morgan fingerprint density at radius 3 is 2.92 bits per heavy atom. The van der Waals surface area contributed by atoms with Gasteiger partial charge in [-0.25, -0.2) is 0 Å². The number of rotatable bonds is 1. The third-order valence-corrected chi connectivity index (χ3v) is 2.26. The molecule has 13 heavy (non-hydrogen) atoms. The topological polar surface area (TPSA) is 48.4 Å². The highest BCUT2D eigenvalue weighted by Gasteiger charge is 2.05. The van der Waals surface area contributed by atoms with Gasteiger partial charge in [0.25, 0.3) is 0 Å². The molecule has 0 amide bonds. The Hall–Kier alpha value is -1.42. The van der Waals surface area contributed by atoms with E-state index in [9.17, 15) is 0 Å². The number of hydrogen-bond acceptors (Lipinski definition) is 3. The fraction of sp³-hybridized carbons (Fsp3) is 0. The fourth-order valence-corrected chi connectivity index (χ4v) is 1.64. The summed E-state index contributed by atoms with van der Waals surface area (Å²) in [6.45, 7) is 0. The van der Waals surface area contributed by atoms with Crippen LogP contribution in [0.2, 0.25) is 0 Å². The molecule has 2 aromatic rings. The lowest BCUT2D eigenvalue weighted by molar-refractivity contribution is 0.322. The van der Waals surface area contributed by atoms with Gasteiger partial charge in [-0.3, -0.25) is 0 Å². The summed E-state index contributed by atoms with van der Waals surface area (Å²) in [6.07, 6.45) is 1.38. The minimum Gasteiger partial charge on any atom is -0.411 e. The molecule has 0 radical (unpaired) electrons. The number of para-hydroxylation sites is 1. The molecule has 0 bridgehead atoms. The molecule has 0 atom stereocenters. The van der Waals surface area contributed by atoms with Gasteiger partial charge in [0, 0.05) is 16.5 Å². The molecule has 2 N–H and O–H groups in total. The van der Waals surface area contributed by atoms with Crippen molar-refractivity contribution in [2.24, 2.45) is 5.16 Å². The third kappa shape index (κ3) is 1.29. The van der Waals surface area contributed by atoms with Gasteiger partial charge in [0.1, 0.15) is 0 Å². The summed E-state index contributed by atoms with van der Waals surface area (Å²) in [4.78, 5) is 3.07. The minimum atomic E-state index is 0.707. The summed E-state index contributed by atoms with van der Waals surface area (Å²) >= 11 is 4.23. The SMILES string of the molecule is O/N=C/c1c(S)[nH]c2ccccc12. The smallest absolute Gasteiger partial charge is 0.0792 e. The van der Waals surface area contributed by atoms with Crippen molar-refractivity contribution in [3.63, 3.8) is 0 Å². The highest BCUT2D eigenvalue weighted by Crippen LogP contribution is 2.22. The zero-order valence-electron chi connectivity index (χ0n) is 6.73. The fourth-order valence-electron chi connectivity index (χ4n) is 1.34. The third-order valence-electron chi connectivity index (χ3n) is 1.91. The molecule has 1 aromatic heterocycles. The molecule has 0 aliphatic heterocycles. The van der Waals surface area contributed by atoms with Crippen molar-refractivity contribution in [1.29, 1.82) is 0 Å². The van der Waals surface area contributed by atoms with E-state index < -0.39 is 0 Å². The van der Waals surface area contributed by atoms with Crippen molar-refractivity contribution in [2.75, 3.05) is 0 Å². The maximum absolute atomic E-state index is 8.44. The first-order valence-corrected chi connectivity index (χ1v) is 4.25. The Labute approximate surface area is 80.5 Å². The van der Waals surface area contributed by atoms with Gasteiger partial charge in [0.2, 0.25) is 0 Å². The maximum Gasteiger partial charge on any atom is 0.0792 e. The van der Waals surface area contributed by atoms with E-state index in [1.165, 1.54) is 6.21 Å². The Morgan fingerprint density at radius 2 is 2.15 bits per heavy atom. The average Bonchev–Trinajstić information content (AvgIpc) is 2.44. The van der Waals surface area contributed by atoms with E-state index in [2.05, 4.69) is 22.8 Å². The van der Waals surface area contributed by atoms with Crippen molar-refractivity contribution < 1.29 is 5.21 Å². The van der Waals surface area contributed by atoms with Crippen molar-refractivity contribution in [3.05, 3.63) is 29.8 Å². The number of aromatic amines is 1. The number of hydrogen-bond donors (Lipinski definition) is 3. The van der Waals surface area contributed by atoms with Gasteiger partial charge in [0.05, 0.1) is 11.2 Å². The van der Waals surface area contributed by atoms with Crippen LogP contribution in [-0.4, -0.2) is 16.4 Å². The van der Waals surface area contributed by atoms with Crippen LogP contribution in [0, 0.1) is 0 Å². The standard InChI is InChI=1S/C9H8N2OS/c12-10-5-7-6-3-1-2-4-8(6)11-9(7)13/h1-5,11-13H/b10-5+. The van der Waals surface area contributed by atoms with Crippen LogP contribution in [0.3, 0.4) is 0 Å². The first-order chi connectivity index (χ1) is 6.33. The summed E-state index contributed by atoms with van der Waals surface area (Å²) in [6, 6.07) is 7.76. The molecule has 0 saturated carbocycles. The van der Waals surface area contributed by atoms with Crippen LogP contribution in [0.1, 0.15) is 5.56 Å². The van der Waals surface area contributed by atoms with Crippen molar-refractivity contribution in [3.8, 4) is 0 Å². The summed E-state index contributed by atoms with van der Waals surface area (Å²) in [5, 5.41) is 13.2. The molecule has 4 heteroatoms. The molecular formula is C9H8N2OS. The Balaban J connectivity index is 2.78. The second-order valence-electron chi connectivity index (χ2n) is 2.68. The molecule has 0 aliphatic rings. The van der Waals surface area contributed by atoms with Gasteiger partial charge in [-0.1, -0.05) is 23.4 Å². The predicted octanol–water partition coefficient (Wildman–Crippen LogP) is 2.26. The molecular weight excluding hydrogens is 184 g/mol. The lowest BCUT2D eigenvalue weighted by atomic mass is 10.2. The van der Waals surface area contributed by atoms with E-state index in [0.29, 0.717) is 5.03 Å². The molecule has 0 spiro atoms. The van der Waals surface area contributed by atoms with Crippen molar-refractivity contribution in [1.82, 2.24) is 4.98 Å². The molecule has 1 heterocycles. The normalized spacial score (nSPS) is 11.5. The average molecular weight is 192 g/mol. The zero-order chi connectivity index (χ0) is 9.26. The molecule has 0 saturated heterocycles. The number of fused-ring (bicyclic) bond motifs is 1. The highest BCUT2D eigenvalue weighted by atomic mass is 32.1. The number of H-pyrrole nitrogens is 1. The highest BCUT2D eigenvalue weighted by molar-refractivity contribution is 7.80. The summed E-state index contributed by atoms with van der Waals surface area (Å²) < 4.78 is 0. The van der Waals surface area contributed by atoms with Gasteiger partial charge in [-0.05, 0) is 6.07 Å². The number of aromatic nitrogens is 1. The van der Waals surface area contributed by atoms with Crippen LogP contribution in [0.4, 0.5) is 0 Å². The van der Waals surface area contributed by atoms with E-state index in [1.807, 2.05) is 24.3 Å². The van der Waals surface area contributed by atoms with Crippen LogP contribution in [0.15, 0.2) is 34.4 Å². The van der Waals surface area contributed by atoms with E-state index in [1.54, 1.807) is 0 Å². The van der Waals surface area contributed by atoms with Crippen LogP contribution in [0.25, 0.3) is 10.9 Å². The van der Waals surface area contributed by atoms with Crippen LogP contribution < -0.4 is 0 Å². The summed E-state index contributed by atoms with van der Waals surface area (Å²) in [5.41, 5.74) is 1.80. The van der Waals surface area contributed by atoms with Gasteiger partial charge in [-0.15, -0.1) is 12.6 Å². The molecule has 0 aliphatic carbocycles. The molecule has 3 nitrogen and oxygen atoms in total. The first-order valence-electron chi connectivity index (χ1n) is 3.80. The van der Waals surface area contributed by atoms with E-state index in [-0.39, 0.29) is 0 Å². The van der Waals surface area contributed by atoms with E-state index in [4.69, 9.17) is 5.21 Å². The number of nitrogens with zero attached hydrogens (tertiary/aromatic N) is 1. The zero-order valence-corrected chi connectivity index (χ0v) is 7.62. The lowest BCUT2D eigenvalue weighted by Crippen LogP contribution is -1.78. The maximum atomic E-state index is 8.44. The van der Waals surface area contributed by atoms with Crippen molar-refractivity contribution in [2.45, 2.75) is 5.03 Å². The largest absolute Gasteiger partial charge is 0.411 e. The Kier molecular flexibility index (Phi) is 1.98. The molecule has 2 rings (SSSR count). The first kappa shape index (κ1) is 8.19. The summed E-state index contributed by atoms with van der Waals surface area (Å²) in [7, 11) is 0. The van der Waals surface area contributed by atoms with E-state index >= 15 is 0 Å². The summed E-state index contributed by atoms with van der Waals surface area (Å²) in [5.74, 6) is 0. The van der Waals surface area contributed by atoms with Gasteiger partial charge in [-0.2, -0.15) is 0 Å². The monoisotopic (exact) mass is 192 g/mol. The number of nitrogens with one attached hydrogen (secondary N) is 1. The molecule has 0 fully saturated rings. The molecule has 66 valence electrons. The number of thiol groups is 1. The number of oxime groups is 1. The molecule has 0 unspecified atom stereocenters. The van der Waals surface area contributed by atoms with Gasteiger partial charge >= 0.3 is 0 Å². The molecule has 1 aromatic carbocycles. The Bertz CT molecular complexity index is 462. The second-order valence-corrected chi connectivity index (χ2v) is 3.12. The second kappa shape index (κ2) is 3.14. The number of benzene rings is 1. The van der Waals surface area contributed by atoms with Gasteiger partial charge < -0.3 is 10.2 Å². The minimum absolute atomic E-state index is 0.707. The predicted molar refractivity (Wildman–Crippen MR) is 54.9 cm³/mol. The lowest BCUT2D eigenvalue weighted by Gasteiger charge is -1.88. The quantitative estimate of drug-likeness (QED) is 0.276. The van der Waals surface area contributed by atoms with Crippen LogP contribution in [-0.2, 0) is 0 Å². The van der Waals surface area contributed by atoms with Crippen molar-refractivity contribution >= 4 is 29.7 Å².